The number of carbonyl (C=O) groups is 2. The van der Waals surface area contributed by atoms with Gasteiger partial charge in [0.1, 0.15) is 5.75 Å². The fourth-order valence-electron chi connectivity index (χ4n) is 2.85. The molecule has 2 aromatic carbocycles. The van der Waals surface area contributed by atoms with Crippen molar-refractivity contribution in [3.8, 4) is 5.75 Å². The molecule has 1 heterocycles. The molecular weight excluding hydrogens is 348 g/mol. The summed E-state index contributed by atoms with van der Waals surface area (Å²) in [5.74, 6) is 1.56. The van der Waals surface area contributed by atoms with Crippen molar-refractivity contribution in [2.75, 3.05) is 30.9 Å². The number of amides is 2. The summed E-state index contributed by atoms with van der Waals surface area (Å²) >= 11 is 1.32. The van der Waals surface area contributed by atoms with E-state index in [1.54, 1.807) is 16.9 Å². The van der Waals surface area contributed by atoms with E-state index in [0.29, 0.717) is 19.5 Å². The lowest BCUT2D eigenvalue weighted by Gasteiger charge is -2.24. The van der Waals surface area contributed by atoms with E-state index in [4.69, 9.17) is 4.74 Å². The molecule has 136 valence electrons. The maximum absolute atomic E-state index is 12.9. The molecule has 0 atom stereocenters. The molecule has 1 aliphatic rings. The van der Waals surface area contributed by atoms with E-state index in [0.717, 1.165) is 29.3 Å². The van der Waals surface area contributed by atoms with Crippen LogP contribution in [0.1, 0.15) is 12.0 Å². The van der Waals surface area contributed by atoms with Gasteiger partial charge in [-0.15, -0.1) is 0 Å². The number of thioether (sulfide) groups is 1. The molecule has 0 unspecified atom stereocenters. The fraction of sp³-hybridized carbons (Fsp3) is 0.300. The third-order valence-corrected chi connectivity index (χ3v) is 5.20. The van der Waals surface area contributed by atoms with Crippen LogP contribution in [0.2, 0.25) is 0 Å². The van der Waals surface area contributed by atoms with Gasteiger partial charge >= 0.3 is 0 Å². The van der Waals surface area contributed by atoms with Crippen molar-refractivity contribution in [2.24, 2.45) is 0 Å². The first-order valence-corrected chi connectivity index (χ1v) is 9.56. The fourth-order valence-corrected chi connectivity index (χ4v) is 3.70. The van der Waals surface area contributed by atoms with Crippen LogP contribution in [0.5, 0.6) is 5.75 Å². The molecule has 3 rings (SSSR count). The molecule has 1 saturated heterocycles. The molecule has 1 fully saturated rings. The lowest BCUT2D eigenvalue weighted by Crippen LogP contribution is -2.34. The Morgan fingerprint density at radius 3 is 2.50 bits per heavy atom. The molecular formula is C20H22N2O3S. The Morgan fingerprint density at radius 1 is 1.15 bits per heavy atom. The molecule has 6 heteroatoms. The zero-order valence-corrected chi connectivity index (χ0v) is 15.6. The summed E-state index contributed by atoms with van der Waals surface area (Å²) in [5, 5.41) is 0.0665. The Morgan fingerprint density at radius 2 is 1.88 bits per heavy atom. The monoisotopic (exact) mass is 370 g/mol. The van der Waals surface area contributed by atoms with Gasteiger partial charge in [0.2, 0.25) is 5.91 Å². The quantitative estimate of drug-likeness (QED) is 0.744. The Labute approximate surface area is 157 Å². The smallest absolute Gasteiger partial charge is 0.281 e. The van der Waals surface area contributed by atoms with Crippen LogP contribution in [0.15, 0.2) is 54.6 Å². The van der Waals surface area contributed by atoms with Crippen LogP contribution in [0.25, 0.3) is 0 Å². The summed E-state index contributed by atoms with van der Waals surface area (Å²) in [7, 11) is 1.62. The van der Waals surface area contributed by atoms with Gasteiger partial charge in [-0.25, -0.2) is 0 Å². The molecule has 26 heavy (non-hydrogen) atoms. The lowest BCUT2D eigenvalue weighted by molar-refractivity contribution is -0.118. The van der Waals surface area contributed by atoms with E-state index in [1.807, 2.05) is 54.6 Å². The van der Waals surface area contributed by atoms with Crippen LogP contribution in [0.4, 0.5) is 10.5 Å². The maximum Gasteiger partial charge on any atom is 0.281 e. The third-order valence-electron chi connectivity index (χ3n) is 4.31. The molecule has 2 aromatic rings. The zero-order valence-electron chi connectivity index (χ0n) is 14.8. The number of nitrogens with zero attached hydrogens (tertiary/aromatic N) is 2. The molecule has 2 amide bonds. The van der Waals surface area contributed by atoms with Gasteiger partial charge in [-0.3, -0.25) is 9.59 Å². The Kier molecular flexibility index (Phi) is 6.17. The molecule has 0 bridgehead atoms. The highest BCUT2D eigenvalue weighted by Gasteiger charge is 2.23. The van der Waals surface area contributed by atoms with Gasteiger partial charge in [0, 0.05) is 31.0 Å². The van der Waals surface area contributed by atoms with Crippen LogP contribution in [-0.2, 0) is 11.3 Å². The van der Waals surface area contributed by atoms with Crippen molar-refractivity contribution in [3.63, 3.8) is 0 Å². The van der Waals surface area contributed by atoms with Gasteiger partial charge in [0.05, 0.1) is 13.7 Å². The number of rotatable bonds is 7. The van der Waals surface area contributed by atoms with Crippen molar-refractivity contribution >= 4 is 28.6 Å². The van der Waals surface area contributed by atoms with E-state index in [9.17, 15) is 9.59 Å². The van der Waals surface area contributed by atoms with Crippen LogP contribution < -0.4 is 9.64 Å². The van der Waals surface area contributed by atoms with Crippen molar-refractivity contribution in [1.29, 1.82) is 0 Å². The summed E-state index contributed by atoms with van der Waals surface area (Å²) in [6.07, 6.45) is 0.311. The number of methoxy groups -OCH3 is 1. The van der Waals surface area contributed by atoms with Crippen molar-refractivity contribution in [1.82, 2.24) is 4.90 Å². The predicted octanol–water partition coefficient (Wildman–Crippen LogP) is 3.79. The van der Waals surface area contributed by atoms with Gasteiger partial charge < -0.3 is 14.5 Å². The van der Waals surface area contributed by atoms with Crippen molar-refractivity contribution < 1.29 is 14.3 Å². The molecule has 0 saturated carbocycles. The van der Waals surface area contributed by atoms with Gasteiger partial charge in [-0.1, -0.05) is 42.1 Å². The van der Waals surface area contributed by atoms with Crippen LogP contribution in [0.3, 0.4) is 0 Å². The minimum atomic E-state index is 0.00344. The van der Waals surface area contributed by atoms with E-state index in [2.05, 4.69) is 0 Å². The lowest BCUT2D eigenvalue weighted by atomic mass is 10.1. The standard InChI is InChI=1S/C20H22N2O3S/c1-25-18-9-7-17(8-10-18)22(15-16-5-3-2-4-6-16)19(23)11-12-21-13-14-26-20(21)24/h2-10H,11-15H2,1H3. The average molecular weight is 370 g/mol. The largest absolute Gasteiger partial charge is 0.497 e. The maximum atomic E-state index is 12.9. The second-order valence-electron chi connectivity index (χ2n) is 6.01. The van der Waals surface area contributed by atoms with Gasteiger partial charge in [0.25, 0.3) is 5.24 Å². The first kappa shape index (κ1) is 18.3. The average Bonchev–Trinajstić information content (AvgIpc) is 3.10. The van der Waals surface area contributed by atoms with E-state index in [-0.39, 0.29) is 11.1 Å². The summed E-state index contributed by atoms with van der Waals surface area (Å²) < 4.78 is 5.20. The summed E-state index contributed by atoms with van der Waals surface area (Å²) in [4.78, 5) is 28.2. The predicted molar refractivity (Wildman–Crippen MR) is 105 cm³/mol. The molecule has 0 aromatic heterocycles. The highest BCUT2D eigenvalue weighted by molar-refractivity contribution is 8.13. The number of ether oxygens (including phenoxy) is 1. The molecule has 0 spiro atoms. The van der Waals surface area contributed by atoms with Gasteiger partial charge in [-0.2, -0.15) is 0 Å². The van der Waals surface area contributed by atoms with Crippen LogP contribution >= 0.6 is 11.8 Å². The number of hydrogen-bond acceptors (Lipinski definition) is 4. The highest BCUT2D eigenvalue weighted by Crippen LogP contribution is 2.23. The highest BCUT2D eigenvalue weighted by atomic mass is 32.2. The van der Waals surface area contributed by atoms with Crippen LogP contribution in [-0.4, -0.2) is 42.0 Å². The molecule has 0 N–H and O–H groups in total. The topological polar surface area (TPSA) is 49.9 Å². The SMILES string of the molecule is COc1ccc(N(Cc2ccccc2)C(=O)CCN2CCSC2=O)cc1. The molecule has 0 aliphatic carbocycles. The summed E-state index contributed by atoms with van der Waals surface area (Å²) in [5.41, 5.74) is 1.88. The third kappa shape index (κ3) is 4.58. The first-order chi connectivity index (χ1) is 12.7. The Balaban J connectivity index is 1.74. The van der Waals surface area contributed by atoms with Gasteiger partial charge in [0.15, 0.2) is 0 Å². The second kappa shape index (κ2) is 8.76. The van der Waals surface area contributed by atoms with E-state index < -0.39 is 0 Å². The Hall–Kier alpha value is -2.47. The minimum Gasteiger partial charge on any atom is -0.497 e. The van der Waals surface area contributed by atoms with Crippen LogP contribution in [0, 0.1) is 0 Å². The summed E-state index contributed by atoms with van der Waals surface area (Å²) in [6, 6.07) is 17.4. The first-order valence-electron chi connectivity index (χ1n) is 8.57. The number of carbonyl (C=O) groups excluding carboxylic acids is 2. The van der Waals surface area contributed by atoms with Gasteiger partial charge in [-0.05, 0) is 29.8 Å². The van der Waals surface area contributed by atoms with E-state index >= 15 is 0 Å². The normalized spacial score (nSPS) is 13.7. The van der Waals surface area contributed by atoms with Crippen molar-refractivity contribution in [2.45, 2.75) is 13.0 Å². The molecule has 0 radical (unpaired) electrons. The number of hydrogen-bond donors (Lipinski definition) is 0. The molecule has 5 nitrogen and oxygen atoms in total. The zero-order chi connectivity index (χ0) is 18.4. The van der Waals surface area contributed by atoms with E-state index in [1.165, 1.54) is 11.8 Å². The Bertz CT molecular complexity index is 749. The number of benzene rings is 2. The molecule has 1 aliphatic heterocycles. The number of anilines is 1. The summed E-state index contributed by atoms with van der Waals surface area (Å²) in [6.45, 7) is 1.68. The van der Waals surface area contributed by atoms with Crippen molar-refractivity contribution in [3.05, 3.63) is 60.2 Å². The minimum absolute atomic E-state index is 0.00344. The second-order valence-corrected chi connectivity index (χ2v) is 7.06.